The Morgan fingerprint density at radius 3 is 2.52 bits per heavy atom. The van der Waals surface area contributed by atoms with Gasteiger partial charge in [0.25, 0.3) is 11.6 Å². The highest BCUT2D eigenvalue weighted by molar-refractivity contribution is 6.00. The Morgan fingerprint density at radius 2 is 1.92 bits per heavy atom. The number of nitro benzene ring substituents is 1. The van der Waals surface area contributed by atoms with Crippen LogP contribution in [0.4, 0.5) is 11.4 Å². The number of rotatable bonds is 8. The number of hydrogen-bond acceptors (Lipinski definition) is 4. The van der Waals surface area contributed by atoms with Crippen LogP contribution in [-0.2, 0) is 0 Å². The first kappa shape index (κ1) is 19.2. The summed E-state index contributed by atoms with van der Waals surface area (Å²) in [6.07, 6.45) is 5.29. The molecule has 0 aromatic heterocycles. The topological polar surface area (TPSA) is 75.5 Å². The lowest BCUT2D eigenvalue weighted by Gasteiger charge is -2.22. The molecule has 1 saturated heterocycles. The van der Waals surface area contributed by atoms with Crippen molar-refractivity contribution in [2.24, 2.45) is 5.92 Å². The SMILES string of the molecule is CC(C)CCCC(C)NC(=O)c1cc([N+](=O)[O-])ccc1N1CCCC1. The molecule has 1 fully saturated rings. The second-order valence-corrected chi connectivity index (χ2v) is 7.35. The van der Waals surface area contributed by atoms with Crippen LogP contribution in [0.15, 0.2) is 18.2 Å². The van der Waals surface area contributed by atoms with Crippen molar-refractivity contribution in [3.05, 3.63) is 33.9 Å². The highest BCUT2D eigenvalue weighted by Gasteiger charge is 2.23. The Hall–Kier alpha value is -2.11. The Morgan fingerprint density at radius 1 is 1.24 bits per heavy atom. The number of nitro groups is 1. The zero-order valence-electron chi connectivity index (χ0n) is 15.5. The lowest BCUT2D eigenvalue weighted by atomic mass is 10.0. The molecule has 1 unspecified atom stereocenters. The lowest BCUT2D eigenvalue weighted by Crippen LogP contribution is -2.34. The highest BCUT2D eigenvalue weighted by atomic mass is 16.6. The molecule has 1 aromatic rings. The minimum Gasteiger partial charge on any atom is -0.371 e. The molecule has 1 aliphatic heterocycles. The number of non-ortho nitro benzene ring substituents is 1. The third kappa shape index (κ3) is 5.44. The molecule has 6 heteroatoms. The summed E-state index contributed by atoms with van der Waals surface area (Å²) in [5, 5.41) is 14.1. The van der Waals surface area contributed by atoms with E-state index in [-0.39, 0.29) is 17.6 Å². The number of amides is 1. The van der Waals surface area contributed by atoms with Gasteiger partial charge >= 0.3 is 0 Å². The summed E-state index contributed by atoms with van der Waals surface area (Å²) < 4.78 is 0. The average Bonchev–Trinajstić information content (AvgIpc) is 3.08. The van der Waals surface area contributed by atoms with Crippen molar-refractivity contribution in [1.82, 2.24) is 5.32 Å². The van der Waals surface area contributed by atoms with Crippen molar-refractivity contribution in [2.45, 2.75) is 58.9 Å². The fraction of sp³-hybridized carbons (Fsp3) is 0.632. The summed E-state index contributed by atoms with van der Waals surface area (Å²) in [6, 6.07) is 4.65. The molecule has 0 aliphatic carbocycles. The molecule has 0 radical (unpaired) electrons. The molecular weight excluding hydrogens is 318 g/mol. The molecule has 25 heavy (non-hydrogen) atoms. The third-order valence-corrected chi connectivity index (χ3v) is 4.68. The number of carbonyl (C=O) groups excluding carboxylic acids is 1. The maximum absolute atomic E-state index is 12.7. The number of benzene rings is 1. The standard InChI is InChI=1S/C19H29N3O3/c1-14(2)7-6-8-15(3)20-19(23)17-13-16(22(24)25)9-10-18(17)21-11-4-5-12-21/h9-10,13-15H,4-8,11-12H2,1-3H3,(H,20,23). The molecule has 2 rings (SSSR count). The van der Waals surface area contributed by atoms with Gasteiger partial charge in [-0.2, -0.15) is 0 Å². The third-order valence-electron chi connectivity index (χ3n) is 4.68. The first-order valence-corrected chi connectivity index (χ1v) is 9.22. The van der Waals surface area contributed by atoms with Crippen molar-refractivity contribution in [3.8, 4) is 0 Å². The lowest BCUT2D eigenvalue weighted by molar-refractivity contribution is -0.384. The second kappa shape index (κ2) is 8.83. The predicted molar refractivity (Wildman–Crippen MR) is 100 cm³/mol. The Kier molecular flexibility index (Phi) is 6.79. The summed E-state index contributed by atoms with van der Waals surface area (Å²) in [6.45, 7) is 8.15. The summed E-state index contributed by atoms with van der Waals surface area (Å²) in [4.78, 5) is 25.5. The largest absolute Gasteiger partial charge is 0.371 e. The number of hydrogen-bond donors (Lipinski definition) is 1. The van der Waals surface area contributed by atoms with Crippen molar-refractivity contribution in [3.63, 3.8) is 0 Å². The van der Waals surface area contributed by atoms with Crippen LogP contribution in [0.2, 0.25) is 0 Å². The van der Waals surface area contributed by atoms with E-state index < -0.39 is 4.92 Å². The smallest absolute Gasteiger partial charge is 0.270 e. The van der Waals surface area contributed by atoms with E-state index in [1.54, 1.807) is 6.07 Å². The van der Waals surface area contributed by atoms with Crippen LogP contribution < -0.4 is 10.2 Å². The van der Waals surface area contributed by atoms with Gasteiger partial charge < -0.3 is 10.2 Å². The van der Waals surface area contributed by atoms with Gasteiger partial charge in [-0.3, -0.25) is 14.9 Å². The van der Waals surface area contributed by atoms with Crippen LogP contribution >= 0.6 is 0 Å². The Balaban J connectivity index is 2.12. The van der Waals surface area contributed by atoms with Crippen molar-refractivity contribution in [2.75, 3.05) is 18.0 Å². The van der Waals surface area contributed by atoms with E-state index >= 15 is 0 Å². The summed E-state index contributed by atoms with van der Waals surface area (Å²) in [5.41, 5.74) is 1.17. The maximum atomic E-state index is 12.7. The predicted octanol–water partition coefficient (Wildman–Crippen LogP) is 4.14. The zero-order valence-corrected chi connectivity index (χ0v) is 15.5. The van der Waals surface area contributed by atoms with Gasteiger partial charge in [0.05, 0.1) is 16.2 Å². The van der Waals surface area contributed by atoms with Gasteiger partial charge in [-0.05, 0) is 38.2 Å². The van der Waals surface area contributed by atoms with E-state index in [2.05, 4.69) is 24.1 Å². The Labute approximate surface area is 149 Å². The quantitative estimate of drug-likeness (QED) is 0.566. The molecule has 0 saturated carbocycles. The van der Waals surface area contributed by atoms with Crippen LogP contribution in [0.25, 0.3) is 0 Å². The molecule has 0 spiro atoms. The number of anilines is 1. The van der Waals surface area contributed by atoms with Gasteiger partial charge in [0.1, 0.15) is 0 Å². The molecule has 6 nitrogen and oxygen atoms in total. The number of nitrogens with one attached hydrogen (secondary N) is 1. The fourth-order valence-corrected chi connectivity index (χ4v) is 3.26. The summed E-state index contributed by atoms with van der Waals surface area (Å²) in [5.74, 6) is 0.434. The van der Waals surface area contributed by atoms with Crippen LogP contribution in [0.3, 0.4) is 0 Å². The van der Waals surface area contributed by atoms with Gasteiger partial charge in [0.2, 0.25) is 0 Å². The summed E-state index contributed by atoms with van der Waals surface area (Å²) >= 11 is 0. The molecule has 138 valence electrons. The molecule has 1 N–H and O–H groups in total. The normalized spacial score (nSPS) is 15.4. The first-order valence-electron chi connectivity index (χ1n) is 9.22. The van der Waals surface area contributed by atoms with Crippen molar-refractivity contribution < 1.29 is 9.72 Å². The van der Waals surface area contributed by atoms with E-state index in [1.165, 1.54) is 12.1 Å². The second-order valence-electron chi connectivity index (χ2n) is 7.35. The van der Waals surface area contributed by atoms with E-state index in [1.807, 2.05) is 6.92 Å². The van der Waals surface area contributed by atoms with Crippen LogP contribution in [0.5, 0.6) is 0 Å². The molecule has 1 heterocycles. The molecule has 1 atom stereocenters. The van der Waals surface area contributed by atoms with E-state index in [0.717, 1.165) is 50.9 Å². The molecule has 1 amide bonds. The molecule has 1 aromatic carbocycles. The van der Waals surface area contributed by atoms with Gasteiger partial charge in [-0.25, -0.2) is 0 Å². The van der Waals surface area contributed by atoms with Crippen molar-refractivity contribution >= 4 is 17.3 Å². The number of carbonyl (C=O) groups is 1. The van der Waals surface area contributed by atoms with E-state index in [4.69, 9.17) is 0 Å². The molecule has 0 bridgehead atoms. The van der Waals surface area contributed by atoms with Crippen LogP contribution in [-0.4, -0.2) is 30.0 Å². The van der Waals surface area contributed by atoms with Crippen LogP contribution in [0, 0.1) is 16.0 Å². The van der Waals surface area contributed by atoms with Crippen LogP contribution in [0.1, 0.15) is 63.2 Å². The zero-order chi connectivity index (χ0) is 18.4. The van der Waals surface area contributed by atoms with Gasteiger partial charge in [0.15, 0.2) is 0 Å². The van der Waals surface area contributed by atoms with Gasteiger partial charge in [-0.1, -0.05) is 26.7 Å². The van der Waals surface area contributed by atoms with Crippen molar-refractivity contribution in [1.29, 1.82) is 0 Å². The van der Waals surface area contributed by atoms with E-state index in [0.29, 0.717) is 11.5 Å². The fourth-order valence-electron chi connectivity index (χ4n) is 3.26. The minimum absolute atomic E-state index is 0.0412. The average molecular weight is 347 g/mol. The Bertz CT molecular complexity index is 610. The number of nitrogens with zero attached hydrogens (tertiary/aromatic N) is 2. The molecule has 1 aliphatic rings. The monoisotopic (exact) mass is 347 g/mol. The minimum atomic E-state index is -0.448. The highest BCUT2D eigenvalue weighted by Crippen LogP contribution is 2.28. The summed E-state index contributed by atoms with van der Waals surface area (Å²) in [7, 11) is 0. The van der Waals surface area contributed by atoms with Gasteiger partial charge in [0, 0.05) is 31.3 Å². The first-order chi connectivity index (χ1) is 11.9. The maximum Gasteiger partial charge on any atom is 0.270 e. The van der Waals surface area contributed by atoms with Gasteiger partial charge in [-0.15, -0.1) is 0 Å². The van der Waals surface area contributed by atoms with E-state index in [9.17, 15) is 14.9 Å². The molecular formula is C19H29N3O3.